The number of thioether (sulfide) groups is 2. The van der Waals surface area contributed by atoms with Crippen molar-refractivity contribution in [3.63, 3.8) is 0 Å². The van der Waals surface area contributed by atoms with Gasteiger partial charge in [-0.15, -0.1) is 34.9 Å². The predicted octanol–water partition coefficient (Wildman–Crippen LogP) is 6.10. The molecule has 1 amide bonds. The second-order valence-corrected chi connectivity index (χ2v) is 10.8. The topological polar surface area (TPSA) is 67.0 Å². The van der Waals surface area contributed by atoms with Crippen LogP contribution in [0.3, 0.4) is 0 Å². The lowest BCUT2D eigenvalue weighted by Crippen LogP contribution is -2.20. The molecule has 158 valence electrons. The number of nitrogens with one attached hydrogen (secondary N) is 2. The number of aromatic nitrogens is 2. The number of para-hydroxylation sites is 1. The molecule has 0 saturated carbocycles. The average Bonchev–Trinajstić information content (AvgIpc) is 3.52. The van der Waals surface area contributed by atoms with Crippen LogP contribution in [0, 0.1) is 6.92 Å². The number of anilines is 1. The number of hydrogen-bond acceptors (Lipinski definition) is 6. The summed E-state index contributed by atoms with van der Waals surface area (Å²) in [7, 11) is 0. The van der Waals surface area contributed by atoms with Crippen LogP contribution in [0.2, 0.25) is 0 Å². The maximum absolute atomic E-state index is 12.4. The van der Waals surface area contributed by atoms with Crippen molar-refractivity contribution >= 4 is 56.8 Å². The highest BCUT2D eigenvalue weighted by molar-refractivity contribution is 8.19. The van der Waals surface area contributed by atoms with Gasteiger partial charge in [0.15, 0.2) is 11.7 Å². The number of H-pyrrole nitrogens is 1. The van der Waals surface area contributed by atoms with Crippen LogP contribution in [0.25, 0.3) is 22.2 Å². The van der Waals surface area contributed by atoms with Gasteiger partial charge in [-0.2, -0.15) is 0 Å². The Labute approximate surface area is 193 Å². The van der Waals surface area contributed by atoms with Gasteiger partial charge in [-0.3, -0.25) is 10.1 Å². The molecule has 2 aromatic carbocycles. The Morgan fingerprint density at radius 2 is 1.94 bits per heavy atom. The molecule has 1 saturated heterocycles. The number of hydrogen-bond donors (Lipinski definition) is 2. The molecular formula is C23H21N3O2S3. The fourth-order valence-corrected chi connectivity index (χ4v) is 7.21. The molecule has 1 aliphatic heterocycles. The van der Waals surface area contributed by atoms with Crippen LogP contribution in [0.5, 0.6) is 5.75 Å². The van der Waals surface area contributed by atoms with E-state index in [9.17, 15) is 4.79 Å². The molecule has 0 aliphatic carbocycles. The van der Waals surface area contributed by atoms with Crippen LogP contribution < -0.4 is 10.1 Å². The molecule has 1 aliphatic rings. The zero-order valence-corrected chi connectivity index (χ0v) is 19.3. The van der Waals surface area contributed by atoms with Gasteiger partial charge in [0.05, 0.1) is 10.3 Å². The summed E-state index contributed by atoms with van der Waals surface area (Å²) in [6, 6.07) is 16.2. The molecule has 0 bridgehead atoms. The van der Waals surface area contributed by atoms with Gasteiger partial charge in [0.25, 0.3) is 5.91 Å². The van der Waals surface area contributed by atoms with Crippen LogP contribution >= 0.6 is 34.9 Å². The summed E-state index contributed by atoms with van der Waals surface area (Å²) < 4.78 is 6.17. The maximum Gasteiger partial charge on any atom is 0.264 e. The van der Waals surface area contributed by atoms with Crippen molar-refractivity contribution in [1.29, 1.82) is 0 Å². The quantitative estimate of drug-likeness (QED) is 0.359. The number of fused-ring (bicyclic) bond motifs is 1. The Morgan fingerprint density at radius 1 is 1.16 bits per heavy atom. The molecule has 4 aromatic rings. The van der Waals surface area contributed by atoms with E-state index in [2.05, 4.69) is 39.6 Å². The Balaban J connectivity index is 1.20. The molecule has 5 rings (SSSR count). The summed E-state index contributed by atoms with van der Waals surface area (Å²) in [6.45, 7) is 1.99. The Kier molecular flexibility index (Phi) is 5.93. The van der Waals surface area contributed by atoms with Crippen molar-refractivity contribution < 1.29 is 9.53 Å². The van der Waals surface area contributed by atoms with E-state index < -0.39 is 0 Å². The van der Waals surface area contributed by atoms with Crippen molar-refractivity contribution in [2.24, 2.45) is 0 Å². The molecule has 0 unspecified atom stereocenters. The summed E-state index contributed by atoms with van der Waals surface area (Å²) in [5.74, 6) is 2.88. The molecule has 3 heterocycles. The van der Waals surface area contributed by atoms with Gasteiger partial charge in [0, 0.05) is 39.0 Å². The van der Waals surface area contributed by atoms with Gasteiger partial charge in [-0.25, -0.2) is 4.98 Å². The number of amides is 1. The number of aromatic amines is 1. The lowest BCUT2D eigenvalue weighted by atomic mass is 10.1. The van der Waals surface area contributed by atoms with Crippen LogP contribution in [-0.4, -0.2) is 34.0 Å². The standard InChI is InChI=1S/C23H21N3O2S3/c1-14-21(17-4-2-3-5-18(17)24-14)19-13-31-23(25-19)26-20(27)12-28-16-8-6-15(7-9-16)22-29-10-11-30-22/h2-9,13,22,24H,10-12H2,1H3,(H,25,26,27). The largest absolute Gasteiger partial charge is 0.484 e. The first kappa shape index (κ1) is 20.5. The van der Waals surface area contributed by atoms with Gasteiger partial charge in [-0.1, -0.05) is 30.3 Å². The van der Waals surface area contributed by atoms with E-state index in [0.29, 0.717) is 15.5 Å². The van der Waals surface area contributed by atoms with Crippen LogP contribution in [0.4, 0.5) is 5.13 Å². The van der Waals surface area contributed by atoms with E-state index >= 15 is 0 Å². The van der Waals surface area contributed by atoms with Crippen molar-refractivity contribution in [1.82, 2.24) is 9.97 Å². The van der Waals surface area contributed by atoms with Crippen LogP contribution in [0.1, 0.15) is 15.8 Å². The minimum atomic E-state index is -0.220. The van der Waals surface area contributed by atoms with Crippen molar-refractivity contribution in [3.05, 3.63) is 65.2 Å². The lowest BCUT2D eigenvalue weighted by Gasteiger charge is -2.10. The predicted molar refractivity (Wildman–Crippen MR) is 132 cm³/mol. The zero-order valence-electron chi connectivity index (χ0n) is 16.9. The number of carbonyl (C=O) groups excluding carboxylic acids is 1. The first-order valence-corrected chi connectivity index (χ1v) is 12.9. The van der Waals surface area contributed by atoms with Crippen molar-refractivity contribution in [2.45, 2.75) is 11.5 Å². The third-order valence-electron chi connectivity index (χ3n) is 5.04. The molecule has 2 aromatic heterocycles. The number of carbonyl (C=O) groups is 1. The Morgan fingerprint density at radius 3 is 2.74 bits per heavy atom. The fourth-order valence-electron chi connectivity index (χ4n) is 3.63. The van der Waals surface area contributed by atoms with Crippen molar-refractivity contribution in [3.8, 4) is 17.0 Å². The van der Waals surface area contributed by atoms with E-state index in [0.717, 1.165) is 27.9 Å². The average molecular weight is 468 g/mol. The molecule has 8 heteroatoms. The molecule has 0 radical (unpaired) electrons. The summed E-state index contributed by atoms with van der Waals surface area (Å²) >= 11 is 5.36. The van der Waals surface area contributed by atoms with E-state index in [4.69, 9.17) is 4.74 Å². The molecule has 0 atom stereocenters. The monoisotopic (exact) mass is 467 g/mol. The summed E-state index contributed by atoms with van der Waals surface area (Å²) in [5.41, 5.74) is 5.37. The highest BCUT2D eigenvalue weighted by atomic mass is 32.2. The molecular weight excluding hydrogens is 446 g/mol. The highest BCUT2D eigenvalue weighted by Gasteiger charge is 2.18. The van der Waals surface area contributed by atoms with E-state index in [1.165, 1.54) is 28.4 Å². The first-order valence-electron chi connectivity index (χ1n) is 9.96. The molecule has 2 N–H and O–H groups in total. The number of thiazole rings is 1. The minimum Gasteiger partial charge on any atom is -0.484 e. The van der Waals surface area contributed by atoms with Gasteiger partial charge in [-0.05, 0) is 30.7 Å². The number of benzene rings is 2. The molecule has 1 fully saturated rings. The van der Waals surface area contributed by atoms with Crippen molar-refractivity contribution in [2.75, 3.05) is 23.4 Å². The maximum atomic E-state index is 12.4. The molecule has 5 nitrogen and oxygen atoms in total. The highest BCUT2D eigenvalue weighted by Crippen LogP contribution is 2.45. The number of aryl methyl sites for hydroxylation is 1. The molecule has 31 heavy (non-hydrogen) atoms. The number of nitrogens with zero attached hydrogens (tertiary/aromatic N) is 1. The van der Waals surface area contributed by atoms with Crippen LogP contribution in [0.15, 0.2) is 53.9 Å². The third-order valence-corrected chi connectivity index (χ3v) is 8.91. The number of ether oxygens (including phenoxy) is 1. The minimum absolute atomic E-state index is 0.0483. The van der Waals surface area contributed by atoms with Gasteiger partial charge < -0.3 is 9.72 Å². The smallest absolute Gasteiger partial charge is 0.264 e. The van der Waals surface area contributed by atoms with Crippen LogP contribution in [-0.2, 0) is 4.79 Å². The fraction of sp³-hybridized carbons (Fsp3) is 0.217. The Bertz CT molecular complexity index is 1210. The van der Waals surface area contributed by atoms with E-state index in [-0.39, 0.29) is 12.5 Å². The zero-order chi connectivity index (χ0) is 21.2. The van der Waals surface area contributed by atoms with Gasteiger partial charge in [0.2, 0.25) is 0 Å². The summed E-state index contributed by atoms with van der Waals surface area (Å²) in [4.78, 5) is 20.4. The summed E-state index contributed by atoms with van der Waals surface area (Å²) in [6.07, 6.45) is 0. The Hall–Kier alpha value is -2.42. The normalized spacial score (nSPS) is 14.2. The van der Waals surface area contributed by atoms with Gasteiger partial charge in [0.1, 0.15) is 5.75 Å². The third kappa shape index (κ3) is 4.46. The summed E-state index contributed by atoms with van der Waals surface area (Å²) in [5, 5.41) is 6.51. The molecule has 0 spiro atoms. The van der Waals surface area contributed by atoms with E-state index in [1.54, 1.807) is 0 Å². The number of rotatable bonds is 6. The second kappa shape index (κ2) is 8.98. The van der Waals surface area contributed by atoms with E-state index in [1.807, 2.05) is 60.1 Å². The van der Waals surface area contributed by atoms with Gasteiger partial charge >= 0.3 is 0 Å². The second-order valence-electron chi connectivity index (χ2n) is 7.19. The lowest BCUT2D eigenvalue weighted by molar-refractivity contribution is -0.118. The SMILES string of the molecule is Cc1[nH]c2ccccc2c1-c1csc(NC(=O)COc2ccc(C3SCCS3)cc2)n1. The first-order chi connectivity index (χ1) is 15.2.